The van der Waals surface area contributed by atoms with Crippen molar-refractivity contribution in [2.75, 3.05) is 5.32 Å². The zero-order valence-corrected chi connectivity index (χ0v) is 17.0. The topological polar surface area (TPSA) is 125 Å². The Hall–Kier alpha value is -3.51. The minimum atomic E-state index is -1.29. The molecule has 0 spiro atoms. The number of amides is 1. The van der Waals surface area contributed by atoms with E-state index in [1.165, 1.54) is 23.5 Å². The van der Waals surface area contributed by atoms with Crippen LogP contribution in [0.5, 0.6) is 0 Å². The Kier molecular flexibility index (Phi) is 5.10. The maximum Gasteiger partial charge on any atom is 0.357 e. The van der Waals surface area contributed by atoms with Gasteiger partial charge in [0, 0.05) is 10.3 Å². The molecule has 1 atom stereocenters. The number of benzene rings is 1. The molecule has 3 aromatic rings. The summed E-state index contributed by atoms with van der Waals surface area (Å²) in [5.41, 5.74) is 0.618. The summed E-state index contributed by atoms with van der Waals surface area (Å²) in [5, 5.41) is 26.5. The zero-order chi connectivity index (χ0) is 21.4. The van der Waals surface area contributed by atoms with Gasteiger partial charge < -0.3 is 10.4 Å². The first-order valence-electron chi connectivity index (χ1n) is 9.46. The molecule has 0 aliphatic heterocycles. The van der Waals surface area contributed by atoms with Crippen LogP contribution >= 0.6 is 11.3 Å². The van der Waals surface area contributed by atoms with Gasteiger partial charge >= 0.3 is 5.97 Å². The normalized spacial score (nSPS) is 15.4. The minimum absolute atomic E-state index is 0.177. The summed E-state index contributed by atoms with van der Waals surface area (Å²) in [6, 6.07) is 8.43. The van der Waals surface area contributed by atoms with Crippen LogP contribution in [0.25, 0.3) is 10.8 Å². The number of aromatic carboxylic acids is 1. The van der Waals surface area contributed by atoms with Crippen LogP contribution in [0.15, 0.2) is 29.1 Å². The lowest BCUT2D eigenvalue weighted by Gasteiger charge is -2.17. The lowest BCUT2D eigenvalue weighted by atomic mass is 9.89. The molecule has 2 aromatic heterocycles. The molecular weight excluding hydrogens is 404 g/mol. The summed E-state index contributed by atoms with van der Waals surface area (Å²) >= 11 is 1.39. The van der Waals surface area contributed by atoms with Crippen molar-refractivity contribution in [2.24, 2.45) is 5.92 Å². The number of anilines is 1. The lowest BCUT2D eigenvalue weighted by molar-refractivity contribution is -0.117. The van der Waals surface area contributed by atoms with E-state index in [-0.39, 0.29) is 16.5 Å². The van der Waals surface area contributed by atoms with Crippen LogP contribution in [-0.2, 0) is 24.2 Å². The summed E-state index contributed by atoms with van der Waals surface area (Å²) in [6.45, 7) is 1.71. The van der Waals surface area contributed by atoms with Crippen molar-refractivity contribution < 1.29 is 14.7 Å². The summed E-state index contributed by atoms with van der Waals surface area (Å²) in [6.07, 6.45) is 2.68. The first kappa shape index (κ1) is 19.8. The van der Waals surface area contributed by atoms with Crippen molar-refractivity contribution in [1.29, 1.82) is 5.26 Å². The summed E-state index contributed by atoms with van der Waals surface area (Å²) in [7, 11) is 0. The second-order valence-electron chi connectivity index (χ2n) is 7.38. The molecule has 2 N–H and O–H groups in total. The molecule has 0 radical (unpaired) electrons. The number of fused-ring (bicyclic) bond motifs is 2. The number of carbonyl (C=O) groups excluding carboxylic acids is 1. The maximum absolute atomic E-state index is 12.7. The molecule has 1 aliphatic rings. The molecule has 152 valence electrons. The highest BCUT2D eigenvalue weighted by molar-refractivity contribution is 7.16. The highest BCUT2D eigenvalue weighted by Crippen LogP contribution is 2.39. The Bertz CT molecular complexity index is 1280. The molecular formula is C21H18N4O4S. The third-order valence-corrected chi connectivity index (χ3v) is 6.41. The third kappa shape index (κ3) is 3.46. The van der Waals surface area contributed by atoms with Gasteiger partial charge in [0.25, 0.3) is 5.56 Å². The first-order valence-corrected chi connectivity index (χ1v) is 10.3. The van der Waals surface area contributed by atoms with Crippen LogP contribution in [0, 0.1) is 17.2 Å². The van der Waals surface area contributed by atoms with Gasteiger partial charge in [-0.2, -0.15) is 10.4 Å². The zero-order valence-electron chi connectivity index (χ0n) is 16.1. The Labute approximate surface area is 175 Å². The average Bonchev–Trinajstić information content (AvgIpc) is 3.05. The summed E-state index contributed by atoms with van der Waals surface area (Å²) in [5.74, 6) is -1.30. The molecule has 2 heterocycles. The van der Waals surface area contributed by atoms with Crippen LogP contribution in [-0.4, -0.2) is 26.8 Å². The molecule has 1 aliphatic carbocycles. The highest BCUT2D eigenvalue weighted by Gasteiger charge is 2.25. The number of nitrogens with zero attached hydrogens (tertiary/aromatic N) is 3. The van der Waals surface area contributed by atoms with Gasteiger partial charge in [-0.1, -0.05) is 25.1 Å². The molecule has 9 heteroatoms. The van der Waals surface area contributed by atoms with Crippen molar-refractivity contribution in [3.63, 3.8) is 0 Å². The number of nitriles is 1. The lowest BCUT2D eigenvalue weighted by Crippen LogP contribution is -2.31. The molecule has 4 rings (SSSR count). The van der Waals surface area contributed by atoms with E-state index in [1.807, 2.05) is 0 Å². The third-order valence-electron chi connectivity index (χ3n) is 5.24. The molecule has 1 amide bonds. The van der Waals surface area contributed by atoms with Crippen molar-refractivity contribution >= 4 is 39.0 Å². The van der Waals surface area contributed by atoms with Crippen molar-refractivity contribution in [2.45, 2.75) is 32.7 Å². The van der Waals surface area contributed by atoms with Crippen molar-refractivity contribution in [3.05, 3.63) is 56.3 Å². The van der Waals surface area contributed by atoms with Gasteiger partial charge in [-0.15, -0.1) is 11.3 Å². The predicted molar refractivity (Wildman–Crippen MR) is 112 cm³/mol. The Morgan fingerprint density at radius 3 is 2.80 bits per heavy atom. The standard InChI is InChI=1S/C21H18N4O4S/c1-11-6-7-12-15(9-22)19(30-16(12)8-11)23-17(26)10-25-20(27)14-5-3-2-4-13(14)18(24-25)21(28)29/h2-5,11H,6-8,10H2,1H3,(H,23,26)(H,28,29)/t11-/m0/s1. The van der Waals surface area contributed by atoms with Crippen LogP contribution in [0.1, 0.15) is 39.8 Å². The van der Waals surface area contributed by atoms with E-state index < -0.39 is 24.0 Å². The van der Waals surface area contributed by atoms with Crippen LogP contribution in [0.4, 0.5) is 5.00 Å². The number of hydrogen-bond donors (Lipinski definition) is 2. The van der Waals surface area contributed by atoms with Crippen molar-refractivity contribution in [3.8, 4) is 6.07 Å². The number of aromatic nitrogens is 2. The fraction of sp³-hybridized carbons (Fsp3) is 0.286. The molecule has 0 fully saturated rings. The summed E-state index contributed by atoms with van der Waals surface area (Å²) in [4.78, 5) is 38.0. The second-order valence-corrected chi connectivity index (χ2v) is 8.48. The Morgan fingerprint density at radius 2 is 2.10 bits per heavy atom. The number of carbonyl (C=O) groups is 2. The van der Waals surface area contributed by atoms with E-state index in [1.54, 1.807) is 12.1 Å². The number of nitrogens with one attached hydrogen (secondary N) is 1. The smallest absolute Gasteiger partial charge is 0.357 e. The summed E-state index contributed by atoms with van der Waals surface area (Å²) < 4.78 is 0.850. The van der Waals surface area contributed by atoms with Crippen LogP contribution < -0.4 is 10.9 Å². The van der Waals surface area contributed by atoms with E-state index in [0.29, 0.717) is 16.5 Å². The minimum Gasteiger partial charge on any atom is -0.476 e. The molecule has 0 saturated heterocycles. The molecule has 30 heavy (non-hydrogen) atoms. The molecule has 0 saturated carbocycles. The molecule has 1 aromatic carbocycles. The molecule has 0 bridgehead atoms. The second kappa shape index (κ2) is 7.72. The van der Waals surface area contributed by atoms with E-state index in [4.69, 9.17) is 0 Å². The number of hydrogen-bond acceptors (Lipinski definition) is 6. The first-order chi connectivity index (χ1) is 14.4. The molecule has 8 nitrogen and oxygen atoms in total. The quantitative estimate of drug-likeness (QED) is 0.666. The Morgan fingerprint density at radius 1 is 1.37 bits per heavy atom. The van der Waals surface area contributed by atoms with Gasteiger partial charge in [0.15, 0.2) is 5.69 Å². The number of thiophene rings is 1. The van der Waals surface area contributed by atoms with Gasteiger partial charge in [-0.3, -0.25) is 9.59 Å². The van der Waals surface area contributed by atoms with E-state index in [9.17, 15) is 24.8 Å². The monoisotopic (exact) mass is 422 g/mol. The van der Waals surface area contributed by atoms with Gasteiger partial charge in [-0.25, -0.2) is 9.48 Å². The van der Waals surface area contributed by atoms with Gasteiger partial charge in [0.2, 0.25) is 5.91 Å². The van der Waals surface area contributed by atoms with Crippen LogP contribution in [0.2, 0.25) is 0 Å². The van der Waals surface area contributed by atoms with Gasteiger partial charge in [-0.05, 0) is 36.8 Å². The fourth-order valence-electron chi connectivity index (χ4n) is 3.76. The van der Waals surface area contributed by atoms with Crippen molar-refractivity contribution in [1.82, 2.24) is 9.78 Å². The highest BCUT2D eigenvalue weighted by atomic mass is 32.1. The maximum atomic E-state index is 12.7. The number of rotatable bonds is 4. The van der Waals surface area contributed by atoms with Crippen LogP contribution in [0.3, 0.4) is 0 Å². The van der Waals surface area contributed by atoms with E-state index >= 15 is 0 Å². The predicted octanol–water partition coefficient (Wildman–Crippen LogP) is 2.79. The number of carboxylic acid groups (broad SMARTS) is 1. The average molecular weight is 422 g/mol. The fourth-order valence-corrected chi connectivity index (χ4v) is 5.14. The van der Waals surface area contributed by atoms with E-state index in [0.717, 1.165) is 34.4 Å². The largest absolute Gasteiger partial charge is 0.476 e. The number of carboxylic acids is 1. The van der Waals surface area contributed by atoms with Gasteiger partial charge in [0.05, 0.1) is 10.9 Å². The SMILES string of the molecule is C[C@H]1CCc2c(sc(NC(=O)Cn3nc(C(=O)O)c4ccccc4c3=O)c2C#N)C1. The molecule has 0 unspecified atom stereocenters. The van der Waals surface area contributed by atoms with E-state index in [2.05, 4.69) is 23.4 Å². The Balaban J connectivity index is 1.65. The van der Waals surface area contributed by atoms with Gasteiger partial charge in [0.1, 0.15) is 17.6 Å².